The van der Waals surface area contributed by atoms with Crippen molar-refractivity contribution in [2.75, 3.05) is 27.8 Å². The summed E-state index contributed by atoms with van der Waals surface area (Å²) in [6.07, 6.45) is -7.15. The van der Waals surface area contributed by atoms with Crippen LogP contribution in [0.25, 0.3) is 0 Å². The fourth-order valence-corrected chi connectivity index (χ4v) is 7.89. The molecule has 0 aromatic heterocycles. The summed E-state index contributed by atoms with van der Waals surface area (Å²) in [6, 6.07) is -0.219. The molecule has 18 atom stereocenters. The van der Waals surface area contributed by atoms with Gasteiger partial charge in [-0.2, -0.15) is 0 Å². The molecule has 1 spiro atoms. The maximum Gasteiger partial charge on any atom is 0.311 e. The van der Waals surface area contributed by atoms with E-state index in [0.717, 1.165) is 0 Å². The van der Waals surface area contributed by atoms with Crippen molar-refractivity contribution in [2.24, 2.45) is 29.6 Å². The van der Waals surface area contributed by atoms with Gasteiger partial charge in [0.2, 0.25) is 0 Å². The Bertz CT molecular complexity index is 1090. The van der Waals surface area contributed by atoms with Gasteiger partial charge >= 0.3 is 5.97 Å². The molecule has 4 heterocycles. The topological polar surface area (TPSA) is 166 Å². The molecule has 13 nitrogen and oxygen atoms in total. The Morgan fingerprint density at radius 3 is 2.02 bits per heavy atom. The van der Waals surface area contributed by atoms with Crippen LogP contribution in [0.3, 0.4) is 0 Å². The average Bonchev–Trinajstić information content (AvgIpc) is 3.82. The van der Waals surface area contributed by atoms with Crippen LogP contribution in [0.15, 0.2) is 0 Å². The normalized spacial score (nSPS) is 49.9. The maximum atomic E-state index is 13.9. The lowest BCUT2D eigenvalue weighted by molar-refractivity contribution is -0.299. The Morgan fingerprint density at radius 1 is 0.792 bits per heavy atom. The summed E-state index contributed by atoms with van der Waals surface area (Å²) >= 11 is 0. The van der Waals surface area contributed by atoms with E-state index in [4.69, 9.17) is 33.2 Å². The summed E-state index contributed by atoms with van der Waals surface area (Å²) < 4.78 is 43.0. The van der Waals surface area contributed by atoms with Gasteiger partial charge in [-0.25, -0.2) is 0 Å². The van der Waals surface area contributed by atoms with Crippen LogP contribution in [0.5, 0.6) is 0 Å². The molecule has 0 amide bonds. The van der Waals surface area contributed by atoms with Gasteiger partial charge in [0.1, 0.15) is 18.3 Å². The number of carbonyl (C=O) groups excluding carboxylic acids is 2. The largest absolute Gasteiger partial charge is 0.462 e. The number of carbonyl (C=O) groups is 2. The number of Topliss-reactive ketones (excluding diaryl/α,β-unsaturated/α-hetero) is 1. The third-order valence-electron chi connectivity index (χ3n) is 11.4. The van der Waals surface area contributed by atoms with E-state index in [1.54, 1.807) is 34.6 Å². The van der Waals surface area contributed by atoms with Crippen LogP contribution in [-0.4, -0.2) is 139 Å². The molecule has 48 heavy (non-hydrogen) atoms. The van der Waals surface area contributed by atoms with Gasteiger partial charge in [0, 0.05) is 37.3 Å². The predicted octanol–water partition coefficient (Wildman–Crippen LogP) is 1.91. The first-order chi connectivity index (χ1) is 22.4. The Morgan fingerprint density at radius 2 is 1.44 bits per heavy atom. The fourth-order valence-electron chi connectivity index (χ4n) is 7.89. The van der Waals surface area contributed by atoms with Crippen molar-refractivity contribution in [3.05, 3.63) is 0 Å². The highest BCUT2D eigenvalue weighted by Gasteiger charge is 2.57. The highest BCUT2D eigenvalue weighted by atomic mass is 16.7. The molecule has 3 N–H and O–H groups in total. The first-order valence-electron chi connectivity index (χ1n) is 17.7. The number of epoxide rings is 1. The number of rotatable bonds is 6. The number of hydrogen-bond acceptors (Lipinski definition) is 13. The van der Waals surface area contributed by atoms with Gasteiger partial charge in [0.25, 0.3) is 0 Å². The van der Waals surface area contributed by atoms with Gasteiger partial charge in [0.05, 0.1) is 49.1 Å². The van der Waals surface area contributed by atoms with Gasteiger partial charge in [-0.05, 0) is 60.5 Å². The molecule has 0 aromatic rings. The second-order valence-corrected chi connectivity index (χ2v) is 15.3. The zero-order chi connectivity index (χ0) is 35.8. The SMILES string of the molecule is CO[C@H]1CC(O[C@H]2[C@H](C)[C@@H](OC3O[C@H](C)C[C@H](N(C)C)[C@H]3O)[C@@H](C)C[C@@]3(CO3)C(=O)[C@H](C)[C@@H](O)[C@@H](C)[C@@H](C)OC(=O)[C@@H]2C)O[C@@H](C)[C@@H]1O. The minimum atomic E-state index is -1.10. The number of likely N-dealkylation sites (N-methyl/N-ethyl adjacent to an activating group) is 1. The Hall–Kier alpha value is -1.26. The van der Waals surface area contributed by atoms with Crippen molar-refractivity contribution in [3.63, 3.8) is 0 Å². The van der Waals surface area contributed by atoms with E-state index >= 15 is 0 Å². The highest BCUT2D eigenvalue weighted by Crippen LogP contribution is 2.43. The van der Waals surface area contributed by atoms with Crippen LogP contribution in [-0.2, 0) is 42.7 Å². The van der Waals surface area contributed by atoms with Crippen molar-refractivity contribution in [1.82, 2.24) is 4.90 Å². The number of nitrogens with zero attached hydrogens (tertiary/aromatic N) is 1. The predicted molar refractivity (Wildman–Crippen MR) is 174 cm³/mol. The van der Waals surface area contributed by atoms with Gasteiger partial charge < -0.3 is 53.4 Å². The summed E-state index contributed by atoms with van der Waals surface area (Å²) in [6.45, 7) is 14.6. The van der Waals surface area contributed by atoms with Crippen LogP contribution < -0.4 is 0 Å². The second kappa shape index (κ2) is 16.0. The summed E-state index contributed by atoms with van der Waals surface area (Å²) in [5.74, 6) is -3.74. The molecular weight excluding hydrogens is 626 g/mol. The number of methoxy groups -OCH3 is 1. The second-order valence-electron chi connectivity index (χ2n) is 15.3. The zero-order valence-corrected chi connectivity index (χ0v) is 30.6. The molecule has 4 fully saturated rings. The Labute approximate surface area is 285 Å². The molecule has 0 aromatic carbocycles. The lowest BCUT2D eigenvalue weighted by Crippen LogP contribution is -2.57. The van der Waals surface area contributed by atoms with E-state index in [2.05, 4.69) is 0 Å². The number of hydrogen-bond donors (Lipinski definition) is 3. The molecule has 4 rings (SSSR count). The minimum Gasteiger partial charge on any atom is -0.462 e. The Kier molecular flexibility index (Phi) is 13.1. The molecule has 0 saturated carbocycles. The van der Waals surface area contributed by atoms with Crippen molar-refractivity contribution >= 4 is 11.8 Å². The van der Waals surface area contributed by atoms with Crippen LogP contribution in [0.1, 0.15) is 74.7 Å². The molecule has 0 radical (unpaired) electrons. The molecule has 4 aliphatic rings. The van der Waals surface area contributed by atoms with E-state index in [0.29, 0.717) is 6.42 Å². The van der Waals surface area contributed by atoms with Gasteiger partial charge in [-0.3, -0.25) is 9.59 Å². The molecule has 0 bridgehead atoms. The number of aliphatic hydroxyl groups is 3. The third kappa shape index (κ3) is 8.43. The fraction of sp³-hybridized carbons (Fsp3) is 0.943. The van der Waals surface area contributed by atoms with E-state index in [9.17, 15) is 24.9 Å². The first-order valence-corrected chi connectivity index (χ1v) is 17.7. The van der Waals surface area contributed by atoms with Gasteiger partial charge in [-0.15, -0.1) is 0 Å². The standard InChI is InChI=1S/C35H61NO12/c1-16-14-35(15-43-35)32(40)19(4)27(37)18(3)22(7)46-33(41)21(6)31(47-26-13-25(42-11)28(38)23(8)45-26)20(5)30(16)48-34-29(39)24(36(9)10)12-17(2)44-34/h16-31,34,37-39H,12-15H2,1-11H3/t16-,17+,18-,19+,20+,21+,22+,23-,24-,25-,26?,27-,28-,29+,30-,31-,34?,35+/m0/s1. The Balaban J connectivity index is 1.75. The molecule has 13 heteroatoms. The van der Waals surface area contributed by atoms with Crippen molar-refractivity contribution in [1.29, 1.82) is 0 Å². The van der Waals surface area contributed by atoms with Gasteiger partial charge in [-0.1, -0.05) is 27.7 Å². The minimum absolute atomic E-state index is 0.198. The number of aliphatic hydroxyl groups excluding tert-OH is 3. The number of ketones is 1. The van der Waals surface area contributed by atoms with Crippen LogP contribution >= 0.6 is 0 Å². The summed E-state index contributed by atoms with van der Waals surface area (Å²) in [5, 5.41) is 33.3. The monoisotopic (exact) mass is 687 g/mol. The van der Waals surface area contributed by atoms with Crippen molar-refractivity contribution < 1.29 is 58.1 Å². The van der Waals surface area contributed by atoms with E-state index in [1.807, 2.05) is 39.8 Å². The smallest absolute Gasteiger partial charge is 0.311 e. The molecule has 4 saturated heterocycles. The van der Waals surface area contributed by atoms with E-state index in [-0.39, 0.29) is 43.3 Å². The molecule has 2 unspecified atom stereocenters. The summed E-state index contributed by atoms with van der Waals surface area (Å²) in [7, 11) is 5.32. The quantitative estimate of drug-likeness (QED) is 0.274. The number of ether oxygens (including phenoxy) is 7. The van der Waals surface area contributed by atoms with Gasteiger partial charge in [0.15, 0.2) is 24.0 Å². The van der Waals surface area contributed by atoms with Crippen LogP contribution in [0.2, 0.25) is 0 Å². The van der Waals surface area contributed by atoms with E-state index < -0.39 is 96.7 Å². The number of esters is 1. The summed E-state index contributed by atoms with van der Waals surface area (Å²) in [4.78, 5) is 29.7. The zero-order valence-electron chi connectivity index (χ0n) is 30.6. The van der Waals surface area contributed by atoms with Crippen LogP contribution in [0, 0.1) is 29.6 Å². The lowest BCUT2D eigenvalue weighted by Gasteiger charge is -2.46. The number of cyclic esters (lactones) is 1. The van der Waals surface area contributed by atoms with Crippen molar-refractivity contribution in [3.8, 4) is 0 Å². The van der Waals surface area contributed by atoms with Crippen LogP contribution in [0.4, 0.5) is 0 Å². The maximum absolute atomic E-state index is 13.9. The highest BCUT2D eigenvalue weighted by molar-refractivity contribution is 5.92. The third-order valence-corrected chi connectivity index (χ3v) is 11.4. The summed E-state index contributed by atoms with van der Waals surface area (Å²) in [5.41, 5.74) is -1.10. The van der Waals surface area contributed by atoms with E-state index in [1.165, 1.54) is 7.11 Å². The average molecular weight is 688 g/mol. The molecular formula is C35H61NO12. The molecule has 278 valence electrons. The lowest BCUT2D eigenvalue weighted by atomic mass is 9.76. The van der Waals surface area contributed by atoms with Crippen molar-refractivity contribution in [2.45, 2.75) is 154 Å². The molecule has 0 aliphatic carbocycles. The molecule has 4 aliphatic heterocycles. The first kappa shape index (κ1) is 39.5.